The maximum atomic E-state index is 13.8. The van der Waals surface area contributed by atoms with Crippen LogP contribution in [0.3, 0.4) is 0 Å². The van der Waals surface area contributed by atoms with E-state index in [4.69, 9.17) is 11.6 Å². The molecule has 1 atom stereocenters. The quantitative estimate of drug-likeness (QED) is 0.819. The van der Waals surface area contributed by atoms with Gasteiger partial charge in [0.15, 0.2) is 0 Å². The zero-order valence-electron chi connectivity index (χ0n) is 10.8. The lowest BCUT2D eigenvalue weighted by Gasteiger charge is -2.18. The standard InChI is InChI=1S/C15H13BrClF2N/c1-20-15(12-5-4-11(18)8-14(12)19)6-9-2-3-10(16)7-13(9)17/h2-5,7-8,15,20H,6H2,1H3. The third-order valence-electron chi connectivity index (χ3n) is 3.13. The van der Waals surface area contributed by atoms with Crippen LogP contribution in [0.25, 0.3) is 0 Å². The Morgan fingerprint density at radius 2 is 1.95 bits per heavy atom. The summed E-state index contributed by atoms with van der Waals surface area (Å²) in [5, 5.41) is 3.65. The smallest absolute Gasteiger partial charge is 0.130 e. The molecule has 2 aromatic carbocycles. The van der Waals surface area contributed by atoms with E-state index in [1.807, 2.05) is 12.1 Å². The molecular weight excluding hydrogens is 348 g/mol. The van der Waals surface area contributed by atoms with Crippen molar-refractivity contribution in [2.45, 2.75) is 12.5 Å². The van der Waals surface area contributed by atoms with E-state index in [1.165, 1.54) is 12.1 Å². The molecule has 0 heterocycles. The normalized spacial score (nSPS) is 12.4. The number of hydrogen-bond acceptors (Lipinski definition) is 1. The van der Waals surface area contributed by atoms with Crippen molar-refractivity contribution in [1.29, 1.82) is 0 Å². The van der Waals surface area contributed by atoms with Gasteiger partial charge in [0.1, 0.15) is 11.6 Å². The van der Waals surface area contributed by atoms with Crippen LogP contribution in [0.1, 0.15) is 17.2 Å². The molecule has 2 rings (SSSR count). The van der Waals surface area contributed by atoms with E-state index in [-0.39, 0.29) is 6.04 Å². The zero-order chi connectivity index (χ0) is 14.7. The minimum Gasteiger partial charge on any atom is -0.313 e. The van der Waals surface area contributed by atoms with Gasteiger partial charge in [0.25, 0.3) is 0 Å². The monoisotopic (exact) mass is 359 g/mol. The molecule has 0 aliphatic heterocycles. The van der Waals surface area contributed by atoms with Gasteiger partial charge in [-0.2, -0.15) is 0 Å². The van der Waals surface area contributed by atoms with Gasteiger partial charge in [0, 0.05) is 27.2 Å². The Kier molecular flexibility index (Phi) is 5.13. The van der Waals surface area contributed by atoms with Crippen LogP contribution in [0.2, 0.25) is 5.02 Å². The summed E-state index contributed by atoms with van der Waals surface area (Å²) in [4.78, 5) is 0. The highest BCUT2D eigenvalue weighted by Gasteiger charge is 2.16. The first-order valence-electron chi connectivity index (χ1n) is 6.07. The Balaban J connectivity index is 2.28. The second-order valence-electron chi connectivity index (χ2n) is 4.45. The predicted octanol–water partition coefficient (Wildman–Crippen LogP) is 4.88. The van der Waals surface area contributed by atoms with Gasteiger partial charge in [0.2, 0.25) is 0 Å². The number of benzene rings is 2. The van der Waals surface area contributed by atoms with Gasteiger partial charge in [-0.25, -0.2) is 8.78 Å². The third kappa shape index (κ3) is 3.57. The molecule has 0 aliphatic rings. The number of nitrogens with one attached hydrogen (secondary N) is 1. The fraction of sp³-hybridized carbons (Fsp3) is 0.200. The summed E-state index contributed by atoms with van der Waals surface area (Å²) in [7, 11) is 1.74. The molecule has 0 bridgehead atoms. The largest absolute Gasteiger partial charge is 0.313 e. The van der Waals surface area contributed by atoms with Crippen LogP contribution in [0, 0.1) is 11.6 Å². The molecule has 0 amide bonds. The fourth-order valence-electron chi connectivity index (χ4n) is 2.06. The minimum atomic E-state index is -0.581. The lowest BCUT2D eigenvalue weighted by Crippen LogP contribution is -2.20. The van der Waals surface area contributed by atoms with Crippen molar-refractivity contribution in [2.75, 3.05) is 7.05 Å². The topological polar surface area (TPSA) is 12.0 Å². The number of hydrogen-bond donors (Lipinski definition) is 1. The second-order valence-corrected chi connectivity index (χ2v) is 5.77. The molecule has 106 valence electrons. The molecule has 0 aromatic heterocycles. The summed E-state index contributed by atoms with van der Waals surface area (Å²) in [6.45, 7) is 0. The SMILES string of the molecule is CNC(Cc1ccc(Br)cc1Cl)c1ccc(F)cc1F. The van der Waals surface area contributed by atoms with E-state index in [0.29, 0.717) is 17.0 Å². The van der Waals surface area contributed by atoms with Gasteiger partial charge >= 0.3 is 0 Å². The van der Waals surface area contributed by atoms with Crippen molar-refractivity contribution < 1.29 is 8.78 Å². The average molecular weight is 361 g/mol. The number of rotatable bonds is 4. The Morgan fingerprint density at radius 1 is 1.20 bits per heavy atom. The van der Waals surface area contributed by atoms with Gasteiger partial charge in [0.05, 0.1) is 0 Å². The maximum absolute atomic E-state index is 13.8. The molecule has 1 N–H and O–H groups in total. The van der Waals surface area contributed by atoms with Crippen LogP contribution in [0.5, 0.6) is 0 Å². The van der Waals surface area contributed by atoms with Crippen LogP contribution in [-0.2, 0) is 6.42 Å². The summed E-state index contributed by atoms with van der Waals surface area (Å²) < 4.78 is 27.7. The average Bonchev–Trinajstić information content (AvgIpc) is 2.39. The van der Waals surface area contributed by atoms with Crippen LogP contribution < -0.4 is 5.32 Å². The molecule has 1 unspecified atom stereocenters. The van der Waals surface area contributed by atoms with E-state index in [2.05, 4.69) is 21.2 Å². The second kappa shape index (κ2) is 6.66. The van der Waals surface area contributed by atoms with Gasteiger partial charge in [-0.3, -0.25) is 0 Å². The van der Waals surface area contributed by atoms with Crippen LogP contribution in [-0.4, -0.2) is 7.05 Å². The zero-order valence-corrected chi connectivity index (χ0v) is 13.1. The van der Waals surface area contributed by atoms with E-state index in [9.17, 15) is 8.78 Å². The van der Waals surface area contributed by atoms with Crippen molar-refractivity contribution in [3.05, 3.63) is 68.7 Å². The van der Waals surface area contributed by atoms with E-state index < -0.39 is 11.6 Å². The lowest BCUT2D eigenvalue weighted by atomic mass is 9.98. The van der Waals surface area contributed by atoms with E-state index in [0.717, 1.165) is 16.1 Å². The van der Waals surface area contributed by atoms with Gasteiger partial charge in [-0.05, 0) is 37.2 Å². The molecular formula is C15H13BrClF2N. The minimum absolute atomic E-state index is 0.269. The first-order valence-corrected chi connectivity index (χ1v) is 7.24. The molecule has 20 heavy (non-hydrogen) atoms. The molecule has 0 spiro atoms. The van der Waals surface area contributed by atoms with Crippen molar-refractivity contribution in [3.8, 4) is 0 Å². The highest BCUT2D eigenvalue weighted by molar-refractivity contribution is 9.10. The molecule has 2 aromatic rings. The van der Waals surface area contributed by atoms with Crippen molar-refractivity contribution in [1.82, 2.24) is 5.32 Å². The maximum Gasteiger partial charge on any atom is 0.130 e. The lowest BCUT2D eigenvalue weighted by molar-refractivity contribution is 0.521. The van der Waals surface area contributed by atoms with Crippen molar-refractivity contribution in [3.63, 3.8) is 0 Å². The third-order valence-corrected chi connectivity index (χ3v) is 3.97. The van der Waals surface area contributed by atoms with Crippen molar-refractivity contribution >= 4 is 27.5 Å². The molecule has 0 radical (unpaired) electrons. The van der Waals surface area contributed by atoms with Crippen LogP contribution in [0.15, 0.2) is 40.9 Å². The van der Waals surface area contributed by atoms with E-state index >= 15 is 0 Å². The first kappa shape index (κ1) is 15.4. The predicted molar refractivity (Wildman–Crippen MR) is 81.0 cm³/mol. The highest BCUT2D eigenvalue weighted by atomic mass is 79.9. The van der Waals surface area contributed by atoms with Gasteiger partial charge in [-0.15, -0.1) is 0 Å². The molecule has 0 fully saturated rings. The van der Waals surface area contributed by atoms with Crippen LogP contribution in [0.4, 0.5) is 8.78 Å². The molecule has 0 saturated heterocycles. The molecule has 0 saturated carbocycles. The highest BCUT2D eigenvalue weighted by Crippen LogP contribution is 2.27. The summed E-state index contributed by atoms with van der Waals surface area (Å²) in [6.07, 6.45) is 0.519. The summed E-state index contributed by atoms with van der Waals surface area (Å²) >= 11 is 9.51. The molecule has 1 nitrogen and oxygen atoms in total. The fourth-order valence-corrected chi connectivity index (χ4v) is 2.81. The van der Waals surface area contributed by atoms with Gasteiger partial charge in [-0.1, -0.05) is 39.7 Å². The summed E-state index contributed by atoms with van der Waals surface area (Å²) in [6, 6.07) is 8.90. The molecule has 0 aliphatic carbocycles. The van der Waals surface area contributed by atoms with Crippen molar-refractivity contribution in [2.24, 2.45) is 0 Å². The number of halogens is 4. The van der Waals surface area contributed by atoms with E-state index in [1.54, 1.807) is 13.1 Å². The Labute approximate surface area is 130 Å². The Hall–Kier alpha value is -0.970. The Morgan fingerprint density at radius 3 is 2.55 bits per heavy atom. The van der Waals surface area contributed by atoms with Gasteiger partial charge < -0.3 is 5.32 Å². The number of likely N-dealkylation sites (N-methyl/N-ethyl adjacent to an activating group) is 1. The Bertz CT molecular complexity index is 619. The van der Waals surface area contributed by atoms with Crippen LogP contribution >= 0.6 is 27.5 Å². The summed E-state index contributed by atoms with van der Waals surface area (Å²) in [5.41, 5.74) is 1.32. The summed E-state index contributed by atoms with van der Waals surface area (Å²) in [5.74, 6) is -1.14. The first-order chi connectivity index (χ1) is 9.51. The molecule has 5 heteroatoms.